The summed E-state index contributed by atoms with van der Waals surface area (Å²) < 4.78 is 0. The van der Waals surface area contributed by atoms with Gasteiger partial charge in [0.05, 0.1) is 0 Å². The molecular formula is C6H8NO. The fourth-order valence-electron chi connectivity index (χ4n) is 0.285. The summed E-state index contributed by atoms with van der Waals surface area (Å²) in [7, 11) is 1.67. The van der Waals surface area contributed by atoms with Crippen molar-refractivity contribution in [2.24, 2.45) is 0 Å². The Kier molecular flexibility index (Phi) is 3.69. The van der Waals surface area contributed by atoms with Crippen molar-refractivity contribution in [3.63, 3.8) is 0 Å². The highest BCUT2D eigenvalue weighted by Gasteiger charge is 1.86. The minimum Gasteiger partial charge on any atom is -0.347 e. The molecule has 8 heavy (non-hydrogen) atoms. The van der Waals surface area contributed by atoms with Gasteiger partial charge < -0.3 is 4.90 Å². The molecule has 0 fully saturated rings. The van der Waals surface area contributed by atoms with Crippen LogP contribution in [0.2, 0.25) is 0 Å². The van der Waals surface area contributed by atoms with Crippen molar-refractivity contribution in [2.75, 3.05) is 13.6 Å². The largest absolute Gasteiger partial charge is 0.347 e. The van der Waals surface area contributed by atoms with E-state index in [4.69, 9.17) is 6.42 Å². The number of amides is 1. The Balaban J connectivity index is 3.13. The highest BCUT2D eigenvalue weighted by Crippen LogP contribution is 1.78. The molecule has 0 aliphatic rings. The van der Waals surface area contributed by atoms with Gasteiger partial charge in [-0.15, -0.1) is 0 Å². The van der Waals surface area contributed by atoms with E-state index in [1.165, 1.54) is 4.90 Å². The zero-order chi connectivity index (χ0) is 6.41. The summed E-state index contributed by atoms with van der Waals surface area (Å²) >= 11 is 0. The third kappa shape index (κ3) is 3.23. The molecule has 2 nitrogen and oxygen atoms in total. The SMILES string of the molecule is [C]#CCCN(C)C=O. The molecular weight excluding hydrogens is 102 g/mol. The van der Waals surface area contributed by atoms with E-state index in [-0.39, 0.29) is 0 Å². The molecule has 0 heterocycles. The molecule has 1 amide bonds. The van der Waals surface area contributed by atoms with Crippen molar-refractivity contribution in [3.8, 4) is 5.92 Å². The lowest BCUT2D eigenvalue weighted by molar-refractivity contribution is -0.116. The third-order valence-electron chi connectivity index (χ3n) is 0.769. The summed E-state index contributed by atoms with van der Waals surface area (Å²) in [6.07, 6.45) is 7.74. The summed E-state index contributed by atoms with van der Waals surface area (Å²) in [5, 5.41) is 0. The van der Waals surface area contributed by atoms with Gasteiger partial charge in [0, 0.05) is 20.0 Å². The molecule has 2 heteroatoms. The predicted molar refractivity (Wildman–Crippen MR) is 30.4 cm³/mol. The Morgan fingerprint density at radius 2 is 2.50 bits per heavy atom. The molecule has 0 aliphatic carbocycles. The van der Waals surface area contributed by atoms with Crippen LogP contribution in [0.5, 0.6) is 0 Å². The topological polar surface area (TPSA) is 20.3 Å². The van der Waals surface area contributed by atoms with E-state index in [1.54, 1.807) is 7.05 Å². The van der Waals surface area contributed by atoms with Crippen LogP contribution >= 0.6 is 0 Å². The molecule has 0 atom stereocenters. The maximum atomic E-state index is 9.85. The summed E-state index contributed by atoms with van der Waals surface area (Å²) in [6.45, 7) is 0.590. The lowest BCUT2D eigenvalue weighted by Gasteiger charge is -2.05. The maximum absolute atomic E-state index is 9.85. The van der Waals surface area contributed by atoms with E-state index in [1.807, 2.05) is 0 Å². The van der Waals surface area contributed by atoms with E-state index < -0.39 is 0 Å². The minimum absolute atomic E-state index is 0.523. The van der Waals surface area contributed by atoms with Gasteiger partial charge in [0.2, 0.25) is 6.41 Å². The first-order chi connectivity index (χ1) is 3.81. The summed E-state index contributed by atoms with van der Waals surface area (Å²) in [6, 6.07) is 0. The molecule has 0 aromatic carbocycles. The molecule has 0 saturated heterocycles. The Morgan fingerprint density at radius 1 is 1.88 bits per heavy atom. The van der Waals surface area contributed by atoms with E-state index >= 15 is 0 Å². The van der Waals surface area contributed by atoms with E-state index in [0.29, 0.717) is 13.0 Å². The van der Waals surface area contributed by atoms with E-state index in [0.717, 1.165) is 6.41 Å². The Bertz CT molecular complexity index is 104. The van der Waals surface area contributed by atoms with Gasteiger partial charge >= 0.3 is 0 Å². The third-order valence-corrected chi connectivity index (χ3v) is 0.769. The fraction of sp³-hybridized carbons (Fsp3) is 0.500. The number of nitrogens with zero attached hydrogens (tertiary/aromatic N) is 1. The average Bonchev–Trinajstić information content (AvgIpc) is 1.83. The summed E-state index contributed by atoms with van der Waals surface area (Å²) in [5.41, 5.74) is 0. The lowest BCUT2D eigenvalue weighted by Crippen LogP contribution is -2.16. The van der Waals surface area contributed by atoms with Crippen molar-refractivity contribution in [2.45, 2.75) is 6.42 Å². The zero-order valence-corrected chi connectivity index (χ0v) is 4.85. The number of rotatable bonds is 3. The molecule has 0 aliphatic heterocycles. The Morgan fingerprint density at radius 3 is 2.88 bits per heavy atom. The van der Waals surface area contributed by atoms with Crippen LogP contribution in [0.3, 0.4) is 0 Å². The molecule has 0 rings (SSSR count). The van der Waals surface area contributed by atoms with Crippen LogP contribution < -0.4 is 0 Å². The monoisotopic (exact) mass is 110 g/mol. The molecule has 0 aromatic heterocycles. The number of carbonyl (C=O) groups excluding carboxylic acids is 1. The van der Waals surface area contributed by atoms with Gasteiger partial charge in [-0.2, -0.15) is 0 Å². The van der Waals surface area contributed by atoms with Crippen LogP contribution in [0.4, 0.5) is 0 Å². The molecule has 0 unspecified atom stereocenters. The van der Waals surface area contributed by atoms with Crippen LogP contribution in [-0.2, 0) is 4.79 Å². The zero-order valence-electron chi connectivity index (χ0n) is 4.85. The van der Waals surface area contributed by atoms with Gasteiger partial charge in [0.15, 0.2) is 0 Å². The number of hydrogen-bond acceptors (Lipinski definition) is 1. The first kappa shape index (κ1) is 7.03. The first-order valence-electron chi connectivity index (χ1n) is 2.36. The van der Waals surface area contributed by atoms with Gasteiger partial charge in [-0.3, -0.25) is 4.79 Å². The fourth-order valence-corrected chi connectivity index (χ4v) is 0.285. The van der Waals surface area contributed by atoms with E-state index in [2.05, 4.69) is 5.92 Å². The lowest BCUT2D eigenvalue weighted by atomic mass is 10.4. The molecule has 43 valence electrons. The quantitative estimate of drug-likeness (QED) is 0.371. The second kappa shape index (κ2) is 4.20. The number of carbonyl (C=O) groups is 1. The smallest absolute Gasteiger partial charge is 0.209 e. The van der Waals surface area contributed by atoms with Crippen LogP contribution in [0, 0.1) is 12.3 Å². The molecule has 0 spiro atoms. The highest BCUT2D eigenvalue weighted by molar-refractivity contribution is 5.46. The van der Waals surface area contributed by atoms with Gasteiger partial charge in [0.25, 0.3) is 0 Å². The van der Waals surface area contributed by atoms with Crippen molar-refractivity contribution in [1.82, 2.24) is 4.90 Å². The van der Waals surface area contributed by atoms with Crippen LogP contribution in [0.15, 0.2) is 0 Å². The van der Waals surface area contributed by atoms with Crippen molar-refractivity contribution >= 4 is 6.41 Å². The van der Waals surface area contributed by atoms with Crippen LogP contribution in [-0.4, -0.2) is 24.9 Å². The molecule has 0 aromatic rings. The molecule has 1 radical (unpaired) electrons. The summed E-state index contributed by atoms with van der Waals surface area (Å²) in [4.78, 5) is 11.3. The Hall–Kier alpha value is -0.970. The Labute approximate surface area is 49.5 Å². The second-order valence-corrected chi connectivity index (χ2v) is 1.51. The maximum Gasteiger partial charge on any atom is 0.209 e. The van der Waals surface area contributed by atoms with Crippen molar-refractivity contribution < 1.29 is 4.79 Å². The van der Waals surface area contributed by atoms with Crippen LogP contribution in [0.1, 0.15) is 6.42 Å². The van der Waals surface area contributed by atoms with Gasteiger partial charge in [-0.1, -0.05) is 5.92 Å². The second-order valence-electron chi connectivity index (χ2n) is 1.51. The van der Waals surface area contributed by atoms with Gasteiger partial charge in [-0.05, 0) is 6.42 Å². The predicted octanol–water partition coefficient (Wildman–Crippen LogP) is 0.0545. The van der Waals surface area contributed by atoms with Crippen molar-refractivity contribution in [3.05, 3.63) is 6.42 Å². The number of hydrogen-bond donors (Lipinski definition) is 0. The summed E-state index contributed by atoms with van der Waals surface area (Å²) in [5.74, 6) is 2.18. The average molecular weight is 110 g/mol. The molecule has 0 N–H and O–H groups in total. The normalized spacial score (nSPS) is 7.50. The minimum atomic E-state index is 0.523. The van der Waals surface area contributed by atoms with E-state index in [9.17, 15) is 4.79 Å². The standard InChI is InChI=1S/C6H8NO/c1-3-4-5-7(2)6-8/h6H,4-5H2,2H3. The first-order valence-corrected chi connectivity index (χ1v) is 2.36. The highest BCUT2D eigenvalue weighted by atomic mass is 16.1. The molecule has 0 bridgehead atoms. The van der Waals surface area contributed by atoms with Gasteiger partial charge in [0.1, 0.15) is 0 Å². The molecule has 0 saturated carbocycles. The van der Waals surface area contributed by atoms with Crippen molar-refractivity contribution in [1.29, 1.82) is 0 Å². The van der Waals surface area contributed by atoms with Gasteiger partial charge in [-0.25, -0.2) is 0 Å². The van der Waals surface area contributed by atoms with Crippen LogP contribution in [0.25, 0.3) is 0 Å².